The zero-order valence-electron chi connectivity index (χ0n) is 12.5. The van der Waals surface area contributed by atoms with Crippen molar-refractivity contribution in [2.24, 2.45) is 5.73 Å². The van der Waals surface area contributed by atoms with Gasteiger partial charge in [-0.3, -0.25) is 4.90 Å². The van der Waals surface area contributed by atoms with Gasteiger partial charge in [0.15, 0.2) is 0 Å². The summed E-state index contributed by atoms with van der Waals surface area (Å²) in [5.41, 5.74) is 10.0. The average molecular weight is 262 g/mol. The lowest BCUT2D eigenvalue weighted by molar-refractivity contribution is -0.0793. The van der Waals surface area contributed by atoms with Crippen LogP contribution in [-0.4, -0.2) is 36.7 Å². The van der Waals surface area contributed by atoms with Crippen molar-refractivity contribution in [3.8, 4) is 0 Å². The molecule has 2 rings (SSSR count). The minimum absolute atomic E-state index is 0.0935. The number of ether oxygens (including phenoxy) is 1. The first kappa shape index (κ1) is 14.5. The molecule has 0 spiro atoms. The molecule has 0 saturated carbocycles. The van der Waals surface area contributed by atoms with E-state index < -0.39 is 0 Å². The highest BCUT2D eigenvalue weighted by atomic mass is 16.5. The van der Waals surface area contributed by atoms with Crippen LogP contribution in [0.25, 0.3) is 0 Å². The van der Waals surface area contributed by atoms with E-state index in [0.717, 1.165) is 13.2 Å². The predicted molar refractivity (Wildman–Crippen MR) is 79.3 cm³/mol. The van der Waals surface area contributed by atoms with Crippen molar-refractivity contribution < 1.29 is 4.74 Å². The van der Waals surface area contributed by atoms with Gasteiger partial charge in [-0.2, -0.15) is 0 Å². The van der Waals surface area contributed by atoms with Crippen molar-refractivity contribution in [2.75, 3.05) is 19.7 Å². The van der Waals surface area contributed by atoms with Crippen molar-refractivity contribution in [3.05, 3.63) is 34.9 Å². The highest BCUT2D eigenvalue weighted by molar-refractivity contribution is 5.37. The molecule has 2 N–H and O–H groups in total. The highest BCUT2D eigenvalue weighted by Gasteiger charge is 2.35. The zero-order chi connectivity index (χ0) is 14.0. The van der Waals surface area contributed by atoms with Crippen LogP contribution in [0.4, 0.5) is 0 Å². The Balaban J connectivity index is 2.45. The topological polar surface area (TPSA) is 38.5 Å². The van der Waals surface area contributed by atoms with Crippen LogP contribution >= 0.6 is 0 Å². The van der Waals surface area contributed by atoms with Gasteiger partial charge in [0, 0.05) is 19.1 Å². The van der Waals surface area contributed by atoms with Crippen LogP contribution in [-0.2, 0) is 4.74 Å². The third-order valence-electron chi connectivity index (χ3n) is 4.12. The monoisotopic (exact) mass is 262 g/mol. The third-order valence-corrected chi connectivity index (χ3v) is 4.12. The van der Waals surface area contributed by atoms with Gasteiger partial charge in [-0.1, -0.05) is 18.2 Å². The summed E-state index contributed by atoms with van der Waals surface area (Å²) in [6.45, 7) is 11.2. The van der Waals surface area contributed by atoms with Gasteiger partial charge in [-0.15, -0.1) is 0 Å². The van der Waals surface area contributed by atoms with E-state index in [0.29, 0.717) is 12.6 Å². The maximum atomic E-state index is 5.94. The fourth-order valence-electron chi connectivity index (χ4n) is 3.18. The molecule has 1 aromatic rings. The van der Waals surface area contributed by atoms with E-state index in [1.807, 2.05) is 0 Å². The fraction of sp³-hybridized carbons (Fsp3) is 0.625. The standard InChI is InChI=1S/C16H26N2O/c1-11(2)18-8-9-19-14(10-17)16(18)15-12(3)6-5-7-13(15)4/h5-7,11,14,16H,8-10,17H2,1-4H3. The number of nitrogens with zero attached hydrogens (tertiary/aromatic N) is 1. The van der Waals surface area contributed by atoms with Crippen LogP contribution in [0, 0.1) is 13.8 Å². The van der Waals surface area contributed by atoms with E-state index in [9.17, 15) is 0 Å². The van der Waals surface area contributed by atoms with Gasteiger partial charge in [-0.05, 0) is 44.4 Å². The van der Waals surface area contributed by atoms with Gasteiger partial charge < -0.3 is 10.5 Å². The van der Waals surface area contributed by atoms with Gasteiger partial charge in [0.05, 0.1) is 18.8 Å². The first-order valence-corrected chi connectivity index (χ1v) is 7.19. The number of hydrogen-bond acceptors (Lipinski definition) is 3. The van der Waals surface area contributed by atoms with Crippen LogP contribution in [0.15, 0.2) is 18.2 Å². The lowest BCUT2D eigenvalue weighted by atomic mass is 9.89. The van der Waals surface area contributed by atoms with E-state index >= 15 is 0 Å². The lowest BCUT2D eigenvalue weighted by Gasteiger charge is -2.44. The van der Waals surface area contributed by atoms with Gasteiger partial charge >= 0.3 is 0 Å². The van der Waals surface area contributed by atoms with E-state index in [1.54, 1.807) is 0 Å². The highest BCUT2D eigenvalue weighted by Crippen LogP contribution is 2.34. The molecule has 2 atom stereocenters. The second-order valence-corrected chi connectivity index (χ2v) is 5.73. The van der Waals surface area contributed by atoms with E-state index in [-0.39, 0.29) is 12.1 Å². The molecular weight excluding hydrogens is 236 g/mol. The molecule has 1 aliphatic rings. The van der Waals surface area contributed by atoms with E-state index in [4.69, 9.17) is 10.5 Å². The Bertz CT molecular complexity index is 411. The maximum absolute atomic E-state index is 5.94. The number of benzene rings is 1. The Labute approximate surface area is 116 Å². The van der Waals surface area contributed by atoms with Crippen molar-refractivity contribution in [2.45, 2.75) is 45.9 Å². The molecule has 0 bridgehead atoms. The minimum Gasteiger partial charge on any atom is -0.374 e. The molecule has 106 valence electrons. The van der Waals surface area contributed by atoms with Crippen LogP contribution in [0.5, 0.6) is 0 Å². The Morgan fingerprint density at radius 3 is 2.47 bits per heavy atom. The molecule has 0 aromatic heterocycles. The third kappa shape index (κ3) is 2.83. The molecule has 1 fully saturated rings. The Morgan fingerprint density at radius 2 is 1.95 bits per heavy atom. The van der Waals surface area contributed by atoms with E-state index in [2.05, 4.69) is 50.8 Å². The van der Waals surface area contributed by atoms with E-state index in [1.165, 1.54) is 16.7 Å². The van der Waals surface area contributed by atoms with Gasteiger partial charge in [0.25, 0.3) is 0 Å². The average Bonchev–Trinajstić information content (AvgIpc) is 2.38. The van der Waals surface area contributed by atoms with Gasteiger partial charge in [0.2, 0.25) is 0 Å². The van der Waals surface area contributed by atoms with Crippen molar-refractivity contribution in [1.82, 2.24) is 4.90 Å². The molecule has 1 aromatic carbocycles. The molecule has 19 heavy (non-hydrogen) atoms. The lowest BCUT2D eigenvalue weighted by Crippen LogP contribution is -2.51. The SMILES string of the molecule is Cc1cccc(C)c1C1C(CN)OCCN1C(C)C. The summed E-state index contributed by atoms with van der Waals surface area (Å²) in [5.74, 6) is 0. The fourth-order valence-corrected chi connectivity index (χ4v) is 3.18. The smallest absolute Gasteiger partial charge is 0.0894 e. The van der Waals surface area contributed by atoms with Crippen LogP contribution in [0.2, 0.25) is 0 Å². The number of aryl methyl sites for hydroxylation is 2. The van der Waals surface area contributed by atoms with Crippen molar-refractivity contribution >= 4 is 0 Å². The summed E-state index contributed by atoms with van der Waals surface area (Å²) in [6, 6.07) is 7.27. The van der Waals surface area contributed by atoms with Crippen molar-refractivity contribution in [3.63, 3.8) is 0 Å². The normalized spacial score (nSPS) is 24.9. The second kappa shape index (κ2) is 6.04. The summed E-state index contributed by atoms with van der Waals surface area (Å²) in [7, 11) is 0. The zero-order valence-corrected chi connectivity index (χ0v) is 12.5. The maximum Gasteiger partial charge on any atom is 0.0894 e. The minimum atomic E-state index is 0.0935. The molecule has 1 saturated heterocycles. The van der Waals surface area contributed by atoms with Crippen molar-refractivity contribution in [1.29, 1.82) is 0 Å². The first-order valence-electron chi connectivity index (χ1n) is 7.19. The molecule has 3 heteroatoms. The quantitative estimate of drug-likeness (QED) is 0.909. The summed E-state index contributed by atoms with van der Waals surface area (Å²) in [5, 5.41) is 0. The Morgan fingerprint density at radius 1 is 1.32 bits per heavy atom. The predicted octanol–water partition coefficient (Wildman–Crippen LogP) is 2.41. The molecule has 1 heterocycles. The van der Waals surface area contributed by atoms with Gasteiger partial charge in [0.1, 0.15) is 0 Å². The molecule has 1 aliphatic heterocycles. The molecule has 3 nitrogen and oxygen atoms in total. The summed E-state index contributed by atoms with van der Waals surface area (Å²) in [6.07, 6.45) is 0.0935. The molecule has 2 unspecified atom stereocenters. The number of hydrogen-bond donors (Lipinski definition) is 1. The molecule has 0 radical (unpaired) electrons. The molecular formula is C16H26N2O. The number of nitrogens with two attached hydrogens (primary N) is 1. The first-order chi connectivity index (χ1) is 9.06. The summed E-state index contributed by atoms with van der Waals surface area (Å²) < 4.78 is 5.92. The van der Waals surface area contributed by atoms with Crippen LogP contribution in [0.3, 0.4) is 0 Å². The van der Waals surface area contributed by atoms with Crippen LogP contribution in [0.1, 0.15) is 36.6 Å². The molecule has 0 amide bonds. The second-order valence-electron chi connectivity index (χ2n) is 5.73. The largest absolute Gasteiger partial charge is 0.374 e. The van der Waals surface area contributed by atoms with Gasteiger partial charge in [-0.25, -0.2) is 0 Å². The molecule has 0 aliphatic carbocycles. The summed E-state index contributed by atoms with van der Waals surface area (Å²) in [4.78, 5) is 2.52. The summed E-state index contributed by atoms with van der Waals surface area (Å²) >= 11 is 0. The Kier molecular flexibility index (Phi) is 4.61. The van der Waals surface area contributed by atoms with Crippen LogP contribution < -0.4 is 5.73 Å². The Hall–Kier alpha value is -0.900. The number of rotatable bonds is 3. The number of morpholine rings is 1.